The minimum absolute atomic E-state index is 0.00597. The van der Waals surface area contributed by atoms with Crippen molar-refractivity contribution in [1.82, 2.24) is 60.5 Å². The van der Waals surface area contributed by atoms with E-state index in [9.17, 15) is 29.4 Å². The second kappa shape index (κ2) is 40.9. The fourth-order valence-electron chi connectivity index (χ4n) is 14.2. The minimum atomic E-state index is -1.36. The first-order valence-electron chi connectivity index (χ1n) is 38.2. The maximum absolute atomic E-state index is 15.6. The Morgan fingerprint density at radius 2 is 0.952 bits per heavy atom. The molecule has 5 rings (SSSR count). The molecule has 2 aromatic rings. The molecule has 2 unspecified atom stereocenters. The summed E-state index contributed by atoms with van der Waals surface area (Å²) in [6, 6.07) is 3.59. The van der Waals surface area contributed by atoms with Gasteiger partial charge < -0.3 is 70.1 Å². The SMILES string of the molecule is CC[C@H](C)[C@@H]1NC(=O)[C@H](CC(C)C)N(C)C(=O)CCCN(C)C(=O)C[C@@H](C(=O)N2CCCCC2)NC(=O)[C@H](CC(C)C)N(C)C(=O)[C@H](CC(C)C)N(C)C(=O)[C@H]([C@@H](C)O)NC2OC2[C@H](CC(C)C)N(C)C(=O)[C@H](Cc2ccc(O)cc2)NC(=O)[C@H](CC(C)C)N(C)C(=O)[C@H](Cc2ccccc2)N(C)C1=O. The number of phenols is 1. The van der Waals surface area contributed by atoms with Crippen LogP contribution in [0, 0.1) is 35.5 Å². The molecule has 26 nitrogen and oxygen atoms in total. The highest BCUT2D eigenvalue weighted by Crippen LogP contribution is 2.33. The summed E-state index contributed by atoms with van der Waals surface area (Å²) in [5.41, 5.74) is 1.29. The number of carbonyl (C=O) groups excluding carboxylic acids is 11. The molecule has 3 heterocycles. The van der Waals surface area contributed by atoms with Gasteiger partial charge in [0, 0.05) is 88.2 Å². The Morgan fingerprint density at radius 1 is 0.486 bits per heavy atom. The average Bonchev–Trinajstić information content (AvgIpc) is 1.63. The molecule has 2 aromatic carbocycles. The number of piperidine rings is 1. The quantitative estimate of drug-likeness (QED) is 0.0992. The smallest absolute Gasteiger partial charge is 0.246 e. The van der Waals surface area contributed by atoms with Gasteiger partial charge in [0.2, 0.25) is 65.0 Å². The number of phenolic OH excluding ortho intramolecular Hbond substituents is 1. The lowest BCUT2D eigenvalue weighted by atomic mass is 9.94. The molecule has 3 saturated heterocycles. The van der Waals surface area contributed by atoms with E-state index in [0.29, 0.717) is 37.1 Å². The van der Waals surface area contributed by atoms with Crippen molar-refractivity contribution in [2.24, 2.45) is 35.5 Å². The third kappa shape index (κ3) is 25.2. The first-order chi connectivity index (χ1) is 49.3. The van der Waals surface area contributed by atoms with Gasteiger partial charge in [0.25, 0.3) is 0 Å². The summed E-state index contributed by atoms with van der Waals surface area (Å²) in [6.07, 6.45) is 0.312. The number of aliphatic hydroxyl groups is 1. The minimum Gasteiger partial charge on any atom is -0.508 e. The number of epoxide rings is 1. The van der Waals surface area contributed by atoms with Crippen LogP contribution in [-0.4, -0.2) is 262 Å². The molecule has 11 amide bonds. The zero-order valence-electron chi connectivity index (χ0n) is 66.6. The number of hydrogen-bond acceptors (Lipinski definition) is 15. The molecule has 0 spiro atoms. The normalized spacial score (nSPS) is 26.9. The number of likely N-dealkylation sites (N-methyl/N-ethyl adjacent to an activating group) is 6. The molecular weight excluding hydrogens is 1340 g/mol. The Bertz CT molecular complexity index is 3220. The van der Waals surface area contributed by atoms with Gasteiger partial charge in [-0.1, -0.05) is 132 Å². The van der Waals surface area contributed by atoms with Crippen LogP contribution in [-0.2, 0) is 70.3 Å². The van der Waals surface area contributed by atoms with Crippen LogP contribution in [0.3, 0.4) is 0 Å². The molecule has 0 bridgehead atoms. The van der Waals surface area contributed by atoms with Crippen LogP contribution in [0.2, 0.25) is 0 Å². The monoisotopic (exact) mass is 1470 g/mol. The molecule has 26 heteroatoms. The maximum atomic E-state index is 15.6. The molecule has 14 atom stereocenters. The first-order valence-corrected chi connectivity index (χ1v) is 38.2. The second-order valence-corrected chi connectivity index (χ2v) is 32.0. The summed E-state index contributed by atoms with van der Waals surface area (Å²) >= 11 is 0. The number of nitrogens with zero attached hydrogens (tertiary/aromatic N) is 8. The van der Waals surface area contributed by atoms with Gasteiger partial charge in [-0.2, -0.15) is 0 Å². The number of rotatable bonds is 18. The van der Waals surface area contributed by atoms with Crippen LogP contribution in [0.1, 0.15) is 178 Å². The predicted molar refractivity (Wildman–Crippen MR) is 403 cm³/mol. The summed E-state index contributed by atoms with van der Waals surface area (Å²) < 4.78 is 6.35. The molecule has 105 heavy (non-hydrogen) atoms. The number of ether oxygens (including phenoxy) is 1. The van der Waals surface area contributed by atoms with E-state index in [1.54, 1.807) is 31.1 Å². The third-order valence-electron chi connectivity index (χ3n) is 20.9. The average molecular weight is 1470 g/mol. The standard InChI is InChI=1S/C79H128N12O14/c1-21-52(12)67-78(103)90(20)64(45-54-29-24-22-25-30-54)77(102)88(18)61(41-49(6)7)70(96)80-57(44-55-32-34-56(93)35-33-55)74(99)86(16)59(39-47(2)3)69-73(105-69)83-68(53(13)92)79(104)89(19)63(43-51(10)11)76(101)87(17)62(42-50(8)9)71(97)81-58(75(100)91-37-26-23-27-38-91)46-66(95)84(14)36-28-31-65(94)85(15)60(40-48(4)5)72(98)82-67/h22,24-25,29-30,32-35,47-53,57-64,67-69,73,83,92-93H,21,23,26-28,31,36-46H2,1-20H3,(H,80,96)(H,81,97)(H,82,98)/t52-,53+,57-,58-,59-,60-,61-,62-,63-,64-,67-,68-,69?,73?/m0/s1. The van der Waals surface area contributed by atoms with E-state index < -0.39 is 156 Å². The third-order valence-corrected chi connectivity index (χ3v) is 20.9. The number of aromatic hydroxyl groups is 1. The van der Waals surface area contributed by atoms with Gasteiger partial charge in [-0.05, 0) is 123 Å². The molecule has 3 aliphatic heterocycles. The van der Waals surface area contributed by atoms with E-state index in [4.69, 9.17) is 4.74 Å². The topological polar surface area (TPSA) is 315 Å². The summed E-state index contributed by atoms with van der Waals surface area (Å²) in [5, 5.41) is 34.0. The highest BCUT2D eigenvalue weighted by molar-refractivity contribution is 5.98. The number of aliphatic hydroxyl groups excluding tert-OH is 1. The van der Waals surface area contributed by atoms with Crippen LogP contribution in [0.4, 0.5) is 0 Å². The van der Waals surface area contributed by atoms with E-state index in [0.717, 1.165) is 19.3 Å². The van der Waals surface area contributed by atoms with Gasteiger partial charge in [0.1, 0.15) is 72.5 Å². The van der Waals surface area contributed by atoms with E-state index >= 15 is 33.6 Å². The van der Waals surface area contributed by atoms with Gasteiger partial charge in [-0.25, -0.2) is 0 Å². The van der Waals surface area contributed by atoms with Crippen molar-refractivity contribution in [3.8, 4) is 5.75 Å². The zero-order chi connectivity index (χ0) is 78.6. The molecule has 3 aliphatic rings. The molecule has 3 fully saturated rings. The number of likely N-dealkylation sites (tertiary alicyclic amines) is 1. The summed E-state index contributed by atoms with van der Waals surface area (Å²) in [4.78, 5) is 177. The van der Waals surface area contributed by atoms with Crippen LogP contribution in [0.5, 0.6) is 5.75 Å². The predicted octanol–water partition coefficient (Wildman–Crippen LogP) is 5.59. The summed E-state index contributed by atoms with van der Waals surface area (Å²) in [5.74, 6) is -7.41. The highest BCUT2D eigenvalue weighted by Gasteiger charge is 2.52. The maximum Gasteiger partial charge on any atom is 0.246 e. The second-order valence-electron chi connectivity index (χ2n) is 32.0. The molecule has 0 aliphatic carbocycles. The zero-order valence-corrected chi connectivity index (χ0v) is 66.6. The van der Waals surface area contributed by atoms with E-state index in [-0.39, 0.29) is 93.3 Å². The molecule has 6 N–H and O–H groups in total. The van der Waals surface area contributed by atoms with Crippen molar-refractivity contribution < 1.29 is 67.7 Å². The van der Waals surface area contributed by atoms with Gasteiger partial charge in [0.05, 0.1) is 18.6 Å². The summed E-state index contributed by atoms with van der Waals surface area (Å²) in [6.45, 7) is 25.1. The lowest BCUT2D eigenvalue weighted by molar-refractivity contribution is -0.151. The van der Waals surface area contributed by atoms with Crippen LogP contribution >= 0.6 is 0 Å². The number of benzene rings is 2. The highest BCUT2D eigenvalue weighted by atomic mass is 16.6. The Hall–Kier alpha value is -7.71. The summed E-state index contributed by atoms with van der Waals surface area (Å²) in [7, 11) is 10.6. The van der Waals surface area contributed by atoms with E-state index in [1.165, 1.54) is 88.6 Å². The van der Waals surface area contributed by atoms with Crippen molar-refractivity contribution in [2.45, 2.75) is 259 Å². The van der Waals surface area contributed by atoms with Crippen molar-refractivity contribution >= 4 is 65.0 Å². The van der Waals surface area contributed by atoms with Crippen LogP contribution in [0.15, 0.2) is 54.6 Å². The van der Waals surface area contributed by atoms with Gasteiger partial charge >= 0.3 is 0 Å². The van der Waals surface area contributed by atoms with Crippen molar-refractivity contribution in [1.29, 1.82) is 0 Å². The lowest BCUT2D eigenvalue weighted by Gasteiger charge is -2.38. The molecular formula is C79H128N12O14. The molecule has 0 aromatic heterocycles. The van der Waals surface area contributed by atoms with Gasteiger partial charge in [-0.3, -0.25) is 58.1 Å². The number of carbonyl (C=O) groups is 11. The molecule has 588 valence electrons. The molecule has 0 radical (unpaired) electrons. The first kappa shape index (κ1) is 87.9. The number of nitrogens with one attached hydrogen (secondary N) is 4. The fraction of sp³-hybridized carbons (Fsp3) is 0.709. The van der Waals surface area contributed by atoms with E-state index in [1.807, 2.05) is 113 Å². The number of hydrogen-bond donors (Lipinski definition) is 6. The van der Waals surface area contributed by atoms with Crippen LogP contribution in [0.25, 0.3) is 0 Å². The van der Waals surface area contributed by atoms with Crippen molar-refractivity contribution in [3.63, 3.8) is 0 Å². The number of amides is 11. The number of fused-ring (bicyclic) bond motifs is 1. The largest absolute Gasteiger partial charge is 0.508 e. The molecule has 0 saturated carbocycles. The van der Waals surface area contributed by atoms with Gasteiger partial charge in [-0.15, -0.1) is 0 Å². The lowest BCUT2D eigenvalue weighted by Crippen LogP contribution is -2.61. The van der Waals surface area contributed by atoms with Gasteiger partial charge in [0.15, 0.2) is 0 Å². The Morgan fingerprint density at radius 3 is 1.48 bits per heavy atom. The van der Waals surface area contributed by atoms with Crippen molar-refractivity contribution in [3.05, 3.63) is 65.7 Å². The fourth-order valence-corrected chi connectivity index (χ4v) is 14.2. The Balaban J connectivity index is 1.66. The Kier molecular flexibility index (Phi) is 34.2. The Labute approximate surface area is 625 Å². The van der Waals surface area contributed by atoms with E-state index in [2.05, 4.69) is 21.3 Å². The van der Waals surface area contributed by atoms with Crippen molar-refractivity contribution in [2.75, 3.05) is 69.0 Å². The van der Waals surface area contributed by atoms with Crippen LogP contribution < -0.4 is 21.3 Å².